The van der Waals surface area contributed by atoms with Crippen LogP contribution in [-0.4, -0.2) is 52.4 Å². The first kappa shape index (κ1) is 15.2. The number of thioether (sulfide) groups is 1. The van der Waals surface area contributed by atoms with E-state index in [9.17, 15) is 4.79 Å². The summed E-state index contributed by atoms with van der Waals surface area (Å²) >= 11 is 7.99. The van der Waals surface area contributed by atoms with E-state index in [2.05, 4.69) is 21.2 Å². The summed E-state index contributed by atoms with van der Waals surface area (Å²) < 4.78 is 1.23. The molecule has 20 heavy (non-hydrogen) atoms. The van der Waals surface area contributed by atoms with Crippen LogP contribution in [0.4, 0.5) is 5.69 Å². The summed E-state index contributed by atoms with van der Waals surface area (Å²) in [4.78, 5) is 14.5. The van der Waals surface area contributed by atoms with Gasteiger partial charge in [0.2, 0.25) is 0 Å². The maximum atomic E-state index is 12.1. The number of aromatic nitrogens is 2. The molecule has 1 aromatic rings. The van der Waals surface area contributed by atoms with Crippen LogP contribution in [0.5, 0.6) is 0 Å². The number of nitrogens with one attached hydrogen (secondary N) is 1. The second-order valence-corrected chi connectivity index (χ2v) is 6.05. The second-order valence-electron chi connectivity index (χ2n) is 4.42. The maximum Gasteiger partial charge on any atom is 0.292 e. The maximum absolute atomic E-state index is 12.1. The molecule has 0 saturated carbocycles. The third-order valence-electron chi connectivity index (χ3n) is 3.07. The van der Waals surface area contributed by atoms with Crippen molar-refractivity contribution in [3.05, 3.63) is 21.6 Å². The number of anilines is 1. The molecule has 0 radical (unpaired) electrons. The van der Waals surface area contributed by atoms with E-state index in [0.717, 1.165) is 19.6 Å². The zero-order valence-corrected chi connectivity index (χ0v) is 12.7. The summed E-state index contributed by atoms with van der Waals surface area (Å²) in [5.74, 6) is 4.74. The molecular weight excluding hydrogens is 296 g/mol. The van der Waals surface area contributed by atoms with Gasteiger partial charge in [-0.05, 0) is 0 Å². The molecule has 1 N–H and O–H groups in total. The fourth-order valence-corrected chi connectivity index (χ4v) is 3.16. The first-order valence-electron chi connectivity index (χ1n) is 6.45. The summed E-state index contributed by atoms with van der Waals surface area (Å²) in [6.45, 7) is 3.91. The predicted octanol–water partition coefficient (Wildman–Crippen LogP) is 0.991. The van der Waals surface area contributed by atoms with Crippen LogP contribution in [0.15, 0.2) is 11.0 Å². The van der Waals surface area contributed by atoms with E-state index in [0.29, 0.717) is 17.3 Å². The highest BCUT2D eigenvalue weighted by Gasteiger charge is 2.12. The molecule has 0 spiro atoms. The van der Waals surface area contributed by atoms with Gasteiger partial charge in [0.05, 0.1) is 11.2 Å². The third-order valence-corrected chi connectivity index (χ3v) is 4.30. The Morgan fingerprint density at radius 3 is 2.95 bits per heavy atom. The van der Waals surface area contributed by atoms with E-state index in [4.69, 9.17) is 18.0 Å². The molecule has 1 aromatic heterocycles. The topological polar surface area (TPSA) is 50.2 Å². The molecule has 1 aliphatic rings. The standard InChI is InChI=1S/C13H17ClN4OS/c1-2-4-18-13(19)12(11(14)10-16-18)15-3-5-17-6-8-20-9-7-17/h1,10,15H,3-9H2. The highest BCUT2D eigenvalue weighted by atomic mass is 35.5. The highest BCUT2D eigenvalue weighted by molar-refractivity contribution is 7.99. The van der Waals surface area contributed by atoms with Crippen molar-refractivity contribution in [1.29, 1.82) is 0 Å². The molecule has 1 fully saturated rings. The van der Waals surface area contributed by atoms with Crippen LogP contribution in [0, 0.1) is 12.3 Å². The molecular formula is C13H17ClN4OS. The first-order chi connectivity index (χ1) is 9.72. The Hall–Kier alpha value is -1.16. The minimum atomic E-state index is -0.273. The van der Waals surface area contributed by atoms with Crippen LogP contribution < -0.4 is 10.9 Å². The van der Waals surface area contributed by atoms with Crippen molar-refractivity contribution >= 4 is 29.1 Å². The van der Waals surface area contributed by atoms with E-state index in [-0.39, 0.29) is 12.1 Å². The van der Waals surface area contributed by atoms with Gasteiger partial charge in [-0.1, -0.05) is 17.5 Å². The van der Waals surface area contributed by atoms with Gasteiger partial charge in [0.15, 0.2) is 0 Å². The highest BCUT2D eigenvalue weighted by Crippen LogP contribution is 2.15. The van der Waals surface area contributed by atoms with Gasteiger partial charge in [-0.15, -0.1) is 6.42 Å². The minimum Gasteiger partial charge on any atom is -0.378 e. The molecule has 0 aromatic carbocycles. The van der Waals surface area contributed by atoms with Gasteiger partial charge in [0.25, 0.3) is 5.56 Å². The van der Waals surface area contributed by atoms with E-state index >= 15 is 0 Å². The lowest BCUT2D eigenvalue weighted by Gasteiger charge is -2.26. The van der Waals surface area contributed by atoms with Gasteiger partial charge in [-0.2, -0.15) is 16.9 Å². The van der Waals surface area contributed by atoms with Crippen molar-refractivity contribution in [2.75, 3.05) is 43.0 Å². The fourth-order valence-electron chi connectivity index (χ4n) is 1.99. The van der Waals surface area contributed by atoms with Gasteiger partial charge in [-0.3, -0.25) is 9.69 Å². The lowest BCUT2D eigenvalue weighted by Crippen LogP contribution is -2.36. The van der Waals surface area contributed by atoms with E-state index in [1.807, 2.05) is 11.8 Å². The molecule has 2 heterocycles. The van der Waals surface area contributed by atoms with Crippen LogP contribution in [0.2, 0.25) is 5.02 Å². The lowest BCUT2D eigenvalue weighted by molar-refractivity contribution is 0.314. The van der Waals surface area contributed by atoms with Crippen molar-refractivity contribution < 1.29 is 0 Å². The largest absolute Gasteiger partial charge is 0.378 e. The van der Waals surface area contributed by atoms with Crippen LogP contribution >= 0.6 is 23.4 Å². The Labute approximate surface area is 127 Å². The molecule has 1 saturated heterocycles. The van der Waals surface area contributed by atoms with E-state index in [1.165, 1.54) is 22.4 Å². The molecule has 0 bridgehead atoms. The predicted molar refractivity (Wildman–Crippen MR) is 84.6 cm³/mol. The molecule has 2 rings (SSSR count). The Morgan fingerprint density at radius 2 is 2.25 bits per heavy atom. The molecule has 7 heteroatoms. The smallest absolute Gasteiger partial charge is 0.292 e. The number of nitrogens with zero attached hydrogens (tertiary/aromatic N) is 3. The molecule has 108 valence electrons. The van der Waals surface area contributed by atoms with Gasteiger partial charge in [0, 0.05) is 37.7 Å². The summed E-state index contributed by atoms with van der Waals surface area (Å²) in [6, 6.07) is 0. The quantitative estimate of drug-likeness (QED) is 0.822. The SMILES string of the molecule is C#CCn1ncc(Cl)c(NCCN2CCSCC2)c1=O. The van der Waals surface area contributed by atoms with Crippen molar-refractivity contribution in [2.24, 2.45) is 0 Å². The fraction of sp³-hybridized carbons (Fsp3) is 0.538. The van der Waals surface area contributed by atoms with Crippen molar-refractivity contribution in [2.45, 2.75) is 6.54 Å². The molecule has 0 unspecified atom stereocenters. The second kappa shape index (κ2) is 7.58. The van der Waals surface area contributed by atoms with Crippen molar-refractivity contribution in [3.63, 3.8) is 0 Å². The number of hydrogen-bond acceptors (Lipinski definition) is 5. The molecule has 0 amide bonds. The number of hydrogen-bond donors (Lipinski definition) is 1. The Kier molecular flexibility index (Phi) is 5.77. The Balaban J connectivity index is 1.96. The van der Waals surface area contributed by atoms with Gasteiger partial charge >= 0.3 is 0 Å². The van der Waals surface area contributed by atoms with E-state index < -0.39 is 0 Å². The summed E-state index contributed by atoms with van der Waals surface area (Å²) in [5.41, 5.74) is 0.105. The normalized spacial score (nSPS) is 15.8. The number of halogens is 1. The molecule has 0 aliphatic carbocycles. The first-order valence-corrected chi connectivity index (χ1v) is 7.98. The van der Waals surface area contributed by atoms with Crippen LogP contribution in [0.1, 0.15) is 0 Å². The van der Waals surface area contributed by atoms with Crippen molar-refractivity contribution in [1.82, 2.24) is 14.7 Å². The number of rotatable bonds is 5. The molecule has 1 aliphatic heterocycles. The van der Waals surface area contributed by atoms with Crippen LogP contribution in [0.3, 0.4) is 0 Å². The number of terminal acetylenes is 1. The van der Waals surface area contributed by atoms with Crippen LogP contribution in [-0.2, 0) is 6.54 Å². The van der Waals surface area contributed by atoms with Crippen LogP contribution in [0.25, 0.3) is 0 Å². The summed E-state index contributed by atoms with van der Waals surface area (Å²) in [7, 11) is 0. The average molecular weight is 313 g/mol. The van der Waals surface area contributed by atoms with Gasteiger partial charge in [-0.25, -0.2) is 4.68 Å². The third kappa shape index (κ3) is 3.92. The van der Waals surface area contributed by atoms with Gasteiger partial charge in [0.1, 0.15) is 12.2 Å². The summed E-state index contributed by atoms with van der Waals surface area (Å²) in [5, 5.41) is 7.34. The zero-order chi connectivity index (χ0) is 14.4. The Bertz CT molecular complexity index is 548. The molecule has 0 atom stereocenters. The minimum absolute atomic E-state index is 0.147. The zero-order valence-electron chi connectivity index (χ0n) is 11.1. The lowest BCUT2D eigenvalue weighted by atomic mass is 10.4. The average Bonchev–Trinajstić information content (AvgIpc) is 2.47. The monoisotopic (exact) mass is 312 g/mol. The Morgan fingerprint density at radius 1 is 1.50 bits per heavy atom. The molecule has 5 nitrogen and oxygen atoms in total. The van der Waals surface area contributed by atoms with E-state index in [1.54, 1.807) is 0 Å². The van der Waals surface area contributed by atoms with Gasteiger partial charge < -0.3 is 5.32 Å². The van der Waals surface area contributed by atoms with Crippen molar-refractivity contribution in [3.8, 4) is 12.3 Å². The summed E-state index contributed by atoms with van der Waals surface area (Å²) in [6.07, 6.45) is 6.65.